The highest BCUT2D eigenvalue weighted by atomic mass is 16.5. The highest BCUT2D eigenvalue weighted by molar-refractivity contribution is 5.78. The van der Waals surface area contributed by atoms with Crippen molar-refractivity contribution in [3.8, 4) is 5.75 Å². The summed E-state index contributed by atoms with van der Waals surface area (Å²) in [4.78, 5) is 16.7. The lowest BCUT2D eigenvalue weighted by atomic mass is 9.87. The normalized spacial score (nSPS) is 16.2. The van der Waals surface area contributed by atoms with Crippen molar-refractivity contribution in [2.24, 2.45) is 5.92 Å². The van der Waals surface area contributed by atoms with E-state index in [0.717, 1.165) is 42.9 Å². The van der Waals surface area contributed by atoms with E-state index in [9.17, 15) is 4.79 Å². The van der Waals surface area contributed by atoms with Crippen LogP contribution >= 0.6 is 0 Å². The van der Waals surface area contributed by atoms with Crippen LogP contribution in [0.5, 0.6) is 5.75 Å². The van der Waals surface area contributed by atoms with Crippen LogP contribution in [-0.4, -0.2) is 30.7 Å². The first-order chi connectivity index (χ1) is 12.2. The summed E-state index contributed by atoms with van der Waals surface area (Å²) in [6, 6.07) is 11.5. The van der Waals surface area contributed by atoms with E-state index in [2.05, 4.69) is 10.3 Å². The van der Waals surface area contributed by atoms with Gasteiger partial charge in [0.25, 0.3) is 5.91 Å². The average molecular weight is 340 g/mol. The highest BCUT2D eigenvalue weighted by Crippen LogP contribution is 2.29. The average Bonchev–Trinajstić information content (AvgIpc) is 2.67. The van der Waals surface area contributed by atoms with Crippen LogP contribution in [0.3, 0.4) is 0 Å². The van der Waals surface area contributed by atoms with Crippen molar-refractivity contribution in [3.63, 3.8) is 0 Å². The van der Waals surface area contributed by atoms with Crippen molar-refractivity contribution in [2.45, 2.75) is 25.8 Å². The molecule has 0 aliphatic carbocycles. The summed E-state index contributed by atoms with van der Waals surface area (Å²) in [5, 5.41) is 3.13. The van der Waals surface area contributed by atoms with E-state index < -0.39 is 0 Å². The molecule has 0 bridgehead atoms. The number of hydrogen-bond donors (Lipinski definition) is 1. The summed E-state index contributed by atoms with van der Waals surface area (Å²) in [5.41, 5.74) is 2.04. The van der Waals surface area contributed by atoms with Crippen LogP contribution in [0.25, 0.3) is 0 Å². The molecule has 1 aromatic heterocycles. The minimum atomic E-state index is -0.122. The molecule has 25 heavy (non-hydrogen) atoms. The molecular weight excluding hydrogens is 316 g/mol. The van der Waals surface area contributed by atoms with Gasteiger partial charge in [-0.05, 0) is 48.9 Å². The van der Waals surface area contributed by atoms with Gasteiger partial charge in [-0.2, -0.15) is 0 Å². The molecule has 0 saturated carbocycles. The molecular formula is C20H24N2O3. The van der Waals surface area contributed by atoms with Gasteiger partial charge in [0.15, 0.2) is 6.61 Å². The Morgan fingerprint density at radius 2 is 2.08 bits per heavy atom. The van der Waals surface area contributed by atoms with Gasteiger partial charge in [0.2, 0.25) is 0 Å². The number of benzene rings is 1. The van der Waals surface area contributed by atoms with Crippen LogP contribution in [0.1, 0.15) is 30.0 Å². The lowest BCUT2D eigenvalue weighted by Crippen LogP contribution is -2.38. The fraction of sp³-hybridized carbons (Fsp3) is 0.400. The second-order valence-electron chi connectivity index (χ2n) is 6.34. The number of pyridine rings is 1. The first-order valence-corrected chi connectivity index (χ1v) is 8.69. The predicted octanol–water partition coefficient (Wildman–Crippen LogP) is 3.05. The summed E-state index contributed by atoms with van der Waals surface area (Å²) >= 11 is 0. The number of carbonyl (C=O) groups is 1. The zero-order valence-corrected chi connectivity index (χ0v) is 14.5. The second kappa shape index (κ2) is 8.62. The number of para-hydroxylation sites is 1. The SMILES string of the molecule is Cc1ccccc1OCC(=O)NC(c1cccnc1)C1CCOCC1. The summed E-state index contributed by atoms with van der Waals surface area (Å²) < 4.78 is 11.1. The molecule has 5 heteroatoms. The third kappa shape index (κ3) is 4.79. The Labute approximate surface area is 148 Å². The van der Waals surface area contributed by atoms with Crippen LogP contribution in [0.2, 0.25) is 0 Å². The fourth-order valence-corrected chi connectivity index (χ4v) is 3.16. The highest BCUT2D eigenvalue weighted by Gasteiger charge is 2.27. The lowest BCUT2D eigenvalue weighted by molar-refractivity contribution is -0.124. The number of amides is 1. The Morgan fingerprint density at radius 1 is 1.28 bits per heavy atom. The summed E-state index contributed by atoms with van der Waals surface area (Å²) in [6.45, 7) is 3.44. The zero-order valence-electron chi connectivity index (χ0n) is 14.5. The smallest absolute Gasteiger partial charge is 0.258 e. The minimum Gasteiger partial charge on any atom is -0.484 e. The van der Waals surface area contributed by atoms with E-state index in [0.29, 0.717) is 5.92 Å². The molecule has 0 radical (unpaired) electrons. The molecule has 1 saturated heterocycles. The number of carbonyl (C=O) groups excluding carboxylic acids is 1. The maximum atomic E-state index is 12.5. The molecule has 5 nitrogen and oxygen atoms in total. The molecule has 2 aromatic rings. The molecule has 2 heterocycles. The van der Waals surface area contributed by atoms with Gasteiger partial charge in [-0.3, -0.25) is 9.78 Å². The maximum absolute atomic E-state index is 12.5. The molecule has 1 aliphatic rings. The van der Waals surface area contributed by atoms with Gasteiger partial charge >= 0.3 is 0 Å². The number of rotatable bonds is 6. The number of ether oxygens (including phenoxy) is 2. The topological polar surface area (TPSA) is 60.5 Å². The molecule has 1 fully saturated rings. The predicted molar refractivity (Wildman–Crippen MR) is 95.3 cm³/mol. The second-order valence-corrected chi connectivity index (χ2v) is 6.34. The van der Waals surface area contributed by atoms with E-state index >= 15 is 0 Å². The molecule has 1 N–H and O–H groups in total. The molecule has 132 valence electrons. The Hall–Kier alpha value is -2.40. The van der Waals surface area contributed by atoms with Gasteiger partial charge in [0.1, 0.15) is 5.75 Å². The van der Waals surface area contributed by atoms with E-state index in [1.807, 2.05) is 49.5 Å². The first-order valence-electron chi connectivity index (χ1n) is 8.69. The zero-order chi connectivity index (χ0) is 17.5. The van der Waals surface area contributed by atoms with Gasteiger partial charge in [-0.15, -0.1) is 0 Å². The Morgan fingerprint density at radius 3 is 2.80 bits per heavy atom. The number of nitrogens with zero attached hydrogens (tertiary/aromatic N) is 1. The largest absolute Gasteiger partial charge is 0.484 e. The minimum absolute atomic E-state index is 0.00480. The van der Waals surface area contributed by atoms with Crippen molar-refractivity contribution in [3.05, 3.63) is 59.9 Å². The van der Waals surface area contributed by atoms with Crippen LogP contribution in [0.15, 0.2) is 48.8 Å². The fourth-order valence-electron chi connectivity index (χ4n) is 3.16. The van der Waals surface area contributed by atoms with Crippen LogP contribution in [0, 0.1) is 12.8 Å². The van der Waals surface area contributed by atoms with Crippen LogP contribution in [-0.2, 0) is 9.53 Å². The van der Waals surface area contributed by atoms with Crippen molar-refractivity contribution in [2.75, 3.05) is 19.8 Å². The van der Waals surface area contributed by atoms with Crippen molar-refractivity contribution < 1.29 is 14.3 Å². The number of hydrogen-bond acceptors (Lipinski definition) is 4. The van der Waals surface area contributed by atoms with E-state index in [4.69, 9.17) is 9.47 Å². The van der Waals surface area contributed by atoms with Gasteiger partial charge in [-0.1, -0.05) is 24.3 Å². The van der Waals surface area contributed by atoms with E-state index in [-0.39, 0.29) is 18.6 Å². The number of nitrogens with one attached hydrogen (secondary N) is 1. The molecule has 0 spiro atoms. The number of aryl methyl sites for hydroxylation is 1. The van der Waals surface area contributed by atoms with Crippen molar-refractivity contribution in [1.29, 1.82) is 0 Å². The standard InChI is InChI=1S/C20H24N2O3/c1-15-5-2-3-7-18(15)25-14-19(23)22-20(16-8-11-24-12-9-16)17-6-4-10-21-13-17/h2-7,10,13,16,20H,8-9,11-12,14H2,1H3,(H,22,23). The Balaban J connectivity index is 1.65. The third-order valence-electron chi connectivity index (χ3n) is 4.55. The van der Waals surface area contributed by atoms with Crippen LogP contribution < -0.4 is 10.1 Å². The van der Waals surface area contributed by atoms with Crippen LogP contribution in [0.4, 0.5) is 0 Å². The first kappa shape index (κ1) is 17.4. The lowest BCUT2D eigenvalue weighted by Gasteiger charge is -2.31. The molecule has 1 atom stereocenters. The molecule has 1 unspecified atom stereocenters. The van der Waals surface area contributed by atoms with E-state index in [1.165, 1.54) is 0 Å². The Bertz CT molecular complexity index is 684. The number of aromatic nitrogens is 1. The Kier molecular flexibility index (Phi) is 6.01. The van der Waals surface area contributed by atoms with Crippen molar-refractivity contribution in [1.82, 2.24) is 10.3 Å². The van der Waals surface area contributed by atoms with Gasteiger partial charge < -0.3 is 14.8 Å². The monoisotopic (exact) mass is 340 g/mol. The molecule has 3 rings (SSSR count). The third-order valence-corrected chi connectivity index (χ3v) is 4.55. The quantitative estimate of drug-likeness (QED) is 0.878. The summed E-state index contributed by atoms with van der Waals surface area (Å²) in [7, 11) is 0. The van der Waals surface area contributed by atoms with Gasteiger partial charge in [0.05, 0.1) is 6.04 Å². The maximum Gasteiger partial charge on any atom is 0.258 e. The van der Waals surface area contributed by atoms with Gasteiger partial charge in [0, 0.05) is 25.6 Å². The van der Waals surface area contributed by atoms with Gasteiger partial charge in [-0.25, -0.2) is 0 Å². The van der Waals surface area contributed by atoms with Crippen molar-refractivity contribution >= 4 is 5.91 Å². The summed E-state index contributed by atoms with van der Waals surface area (Å²) in [5.74, 6) is 0.964. The summed E-state index contributed by atoms with van der Waals surface area (Å²) in [6.07, 6.45) is 5.42. The molecule has 1 aliphatic heterocycles. The van der Waals surface area contributed by atoms with E-state index in [1.54, 1.807) is 6.20 Å². The molecule has 1 aromatic carbocycles. The molecule has 1 amide bonds.